The van der Waals surface area contributed by atoms with Gasteiger partial charge in [-0.2, -0.15) is 4.31 Å². The van der Waals surface area contributed by atoms with Crippen molar-refractivity contribution in [1.82, 2.24) is 14.3 Å². The van der Waals surface area contributed by atoms with Crippen molar-refractivity contribution in [3.8, 4) is 0 Å². The van der Waals surface area contributed by atoms with Crippen molar-refractivity contribution in [2.45, 2.75) is 29.8 Å². The fraction of sp³-hybridized carbons (Fsp3) is 0.389. The van der Waals surface area contributed by atoms with Crippen molar-refractivity contribution >= 4 is 45.0 Å². The second-order valence-electron chi connectivity index (χ2n) is 6.64. The normalized spacial score (nSPS) is 18.0. The number of carbonyl (C=O) groups is 1. The fourth-order valence-corrected chi connectivity index (χ4v) is 5.14. The molecular weight excluding hydrogens is 420 g/mol. The Morgan fingerprint density at radius 3 is 2.68 bits per heavy atom. The Hall–Kier alpha value is -1.68. The molecule has 1 atom stereocenters. The molecule has 1 aromatic carbocycles. The van der Waals surface area contributed by atoms with E-state index in [1.165, 1.54) is 34.4 Å². The van der Waals surface area contributed by atoms with Crippen molar-refractivity contribution in [2.24, 2.45) is 5.92 Å². The summed E-state index contributed by atoms with van der Waals surface area (Å²) in [6.45, 7) is 3.13. The van der Waals surface area contributed by atoms with Crippen molar-refractivity contribution in [3.63, 3.8) is 0 Å². The number of nitrogens with one attached hydrogen (secondary N) is 1. The van der Waals surface area contributed by atoms with Gasteiger partial charge < -0.3 is 5.32 Å². The van der Waals surface area contributed by atoms with Gasteiger partial charge in [-0.25, -0.2) is 18.4 Å². The summed E-state index contributed by atoms with van der Waals surface area (Å²) < 4.78 is 27.1. The van der Waals surface area contributed by atoms with E-state index in [-0.39, 0.29) is 15.6 Å². The molecular formula is C18H21ClN4O3S2. The third kappa shape index (κ3) is 4.65. The highest BCUT2D eigenvalue weighted by Gasteiger charge is 2.28. The molecule has 0 radical (unpaired) electrons. The first kappa shape index (κ1) is 21.0. The Morgan fingerprint density at radius 2 is 2.04 bits per heavy atom. The molecule has 1 amide bonds. The van der Waals surface area contributed by atoms with Gasteiger partial charge in [0.25, 0.3) is 5.91 Å². The minimum Gasteiger partial charge on any atom is -0.321 e. The highest BCUT2D eigenvalue weighted by atomic mass is 35.5. The summed E-state index contributed by atoms with van der Waals surface area (Å²) in [4.78, 5) is 20.8. The Bertz CT molecular complexity index is 967. The number of sulfonamides is 1. The zero-order valence-electron chi connectivity index (χ0n) is 15.6. The molecule has 10 heteroatoms. The molecule has 7 nitrogen and oxygen atoms in total. The molecule has 1 aliphatic rings. The largest absolute Gasteiger partial charge is 0.321 e. The van der Waals surface area contributed by atoms with E-state index >= 15 is 0 Å². The van der Waals surface area contributed by atoms with Gasteiger partial charge in [-0.05, 0) is 49.3 Å². The fourth-order valence-electron chi connectivity index (χ4n) is 3.02. The quantitative estimate of drug-likeness (QED) is 0.564. The van der Waals surface area contributed by atoms with Gasteiger partial charge in [-0.15, -0.1) is 0 Å². The second-order valence-corrected chi connectivity index (χ2v) is 9.76. The molecule has 1 saturated heterocycles. The standard InChI is InChI=1S/C18H21ClN4O3S2/c1-12-4-3-9-23(11-12)28(25,26)14-7-5-13(6-8-14)21-17(24)16-15(19)10-20-18(22-16)27-2/h5-8,10,12H,3-4,9,11H2,1-2H3,(H,21,24)/t12-/m0/s1. The molecule has 150 valence electrons. The van der Waals surface area contributed by atoms with Crippen LogP contribution in [0.3, 0.4) is 0 Å². The van der Waals surface area contributed by atoms with Crippen LogP contribution in [0, 0.1) is 5.92 Å². The molecule has 0 spiro atoms. The molecule has 2 aromatic rings. The number of hydrogen-bond acceptors (Lipinski definition) is 6. The third-order valence-corrected chi connectivity index (χ3v) is 7.21. The van der Waals surface area contributed by atoms with Gasteiger partial charge in [0.1, 0.15) is 0 Å². The van der Waals surface area contributed by atoms with E-state index in [0.29, 0.717) is 29.9 Å². The van der Waals surface area contributed by atoms with Crippen LogP contribution in [0.15, 0.2) is 40.5 Å². The van der Waals surface area contributed by atoms with E-state index < -0.39 is 15.9 Å². The van der Waals surface area contributed by atoms with Crippen molar-refractivity contribution < 1.29 is 13.2 Å². The van der Waals surface area contributed by atoms with E-state index in [9.17, 15) is 13.2 Å². The SMILES string of the molecule is CSc1ncc(Cl)c(C(=O)Nc2ccc(S(=O)(=O)N3CCC[C@H](C)C3)cc2)n1. The van der Waals surface area contributed by atoms with E-state index in [1.807, 2.05) is 0 Å². The van der Waals surface area contributed by atoms with Crippen LogP contribution < -0.4 is 5.32 Å². The molecule has 2 heterocycles. The van der Waals surface area contributed by atoms with Crippen LogP contribution in [-0.2, 0) is 10.0 Å². The summed E-state index contributed by atoms with van der Waals surface area (Å²) in [5.41, 5.74) is 0.524. The number of benzene rings is 1. The number of amides is 1. The molecule has 1 fully saturated rings. The summed E-state index contributed by atoms with van der Waals surface area (Å²) in [7, 11) is -3.53. The number of thioether (sulfide) groups is 1. The topological polar surface area (TPSA) is 92.3 Å². The lowest BCUT2D eigenvalue weighted by Gasteiger charge is -2.30. The molecule has 28 heavy (non-hydrogen) atoms. The highest BCUT2D eigenvalue weighted by molar-refractivity contribution is 7.98. The van der Waals surface area contributed by atoms with Crippen LogP contribution in [0.5, 0.6) is 0 Å². The summed E-state index contributed by atoms with van der Waals surface area (Å²) in [5.74, 6) is -0.131. The molecule has 0 bridgehead atoms. The molecule has 1 aromatic heterocycles. The van der Waals surface area contributed by atoms with Gasteiger partial charge in [0.15, 0.2) is 10.9 Å². The number of rotatable bonds is 5. The first-order valence-corrected chi connectivity index (χ1v) is 11.8. The molecule has 1 aliphatic heterocycles. The van der Waals surface area contributed by atoms with E-state index in [2.05, 4.69) is 22.2 Å². The van der Waals surface area contributed by atoms with Crippen LogP contribution in [0.25, 0.3) is 0 Å². The maximum absolute atomic E-state index is 12.8. The Kier molecular flexibility index (Phi) is 6.59. The van der Waals surface area contributed by atoms with Gasteiger partial charge in [0.05, 0.1) is 16.1 Å². The summed E-state index contributed by atoms with van der Waals surface area (Å²) in [6.07, 6.45) is 5.09. The number of anilines is 1. The monoisotopic (exact) mass is 440 g/mol. The average molecular weight is 441 g/mol. The Labute approximate surface area is 173 Å². The number of aromatic nitrogens is 2. The first-order valence-electron chi connectivity index (χ1n) is 8.79. The van der Waals surface area contributed by atoms with Gasteiger partial charge in [-0.3, -0.25) is 4.79 Å². The van der Waals surface area contributed by atoms with Crippen LogP contribution in [0.1, 0.15) is 30.3 Å². The zero-order chi connectivity index (χ0) is 20.3. The number of nitrogens with zero attached hydrogens (tertiary/aromatic N) is 3. The molecule has 0 unspecified atom stereocenters. The minimum absolute atomic E-state index is 0.0695. The third-order valence-electron chi connectivity index (χ3n) is 4.49. The highest BCUT2D eigenvalue weighted by Crippen LogP contribution is 2.25. The maximum atomic E-state index is 12.8. The Balaban J connectivity index is 1.75. The summed E-state index contributed by atoms with van der Waals surface area (Å²) in [5, 5.41) is 3.27. The lowest BCUT2D eigenvalue weighted by atomic mass is 10.0. The number of piperidine rings is 1. The van der Waals surface area contributed by atoms with E-state index in [4.69, 9.17) is 11.6 Å². The molecule has 1 N–H and O–H groups in total. The van der Waals surface area contributed by atoms with Crippen molar-refractivity contribution in [2.75, 3.05) is 24.7 Å². The number of hydrogen-bond donors (Lipinski definition) is 1. The molecule has 0 saturated carbocycles. The Morgan fingerprint density at radius 1 is 1.32 bits per heavy atom. The maximum Gasteiger partial charge on any atom is 0.275 e. The molecule has 0 aliphatic carbocycles. The first-order chi connectivity index (χ1) is 13.3. The van der Waals surface area contributed by atoms with E-state index in [0.717, 1.165) is 12.8 Å². The van der Waals surface area contributed by atoms with Gasteiger partial charge in [-0.1, -0.05) is 30.3 Å². The van der Waals surface area contributed by atoms with E-state index in [1.54, 1.807) is 18.4 Å². The predicted molar refractivity (Wildman–Crippen MR) is 110 cm³/mol. The lowest BCUT2D eigenvalue weighted by molar-refractivity contribution is 0.102. The van der Waals surface area contributed by atoms with Crippen LogP contribution >= 0.6 is 23.4 Å². The summed E-state index contributed by atoms with van der Waals surface area (Å²) in [6, 6.07) is 6.11. The van der Waals surface area contributed by atoms with Crippen LogP contribution in [0.2, 0.25) is 5.02 Å². The second kappa shape index (κ2) is 8.77. The van der Waals surface area contributed by atoms with Gasteiger partial charge >= 0.3 is 0 Å². The van der Waals surface area contributed by atoms with Crippen molar-refractivity contribution in [3.05, 3.63) is 41.2 Å². The molecule has 3 rings (SSSR count). The minimum atomic E-state index is -3.53. The zero-order valence-corrected chi connectivity index (χ0v) is 17.9. The van der Waals surface area contributed by atoms with Gasteiger partial charge in [0.2, 0.25) is 10.0 Å². The number of halogens is 1. The summed E-state index contributed by atoms with van der Waals surface area (Å²) >= 11 is 7.32. The number of carbonyl (C=O) groups excluding carboxylic acids is 1. The van der Waals surface area contributed by atoms with Crippen LogP contribution in [0.4, 0.5) is 5.69 Å². The average Bonchev–Trinajstić information content (AvgIpc) is 2.68. The van der Waals surface area contributed by atoms with Gasteiger partial charge in [0, 0.05) is 18.8 Å². The van der Waals surface area contributed by atoms with Crippen molar-refractivity contribution in [1.29, 1.82) is 0 Å². The smallest absolute Gasteiger partial charge is 0.275 e. The predicted octanol–water partition coefficient (Wildman–Crippen LogP) is 3.52. The lowest BCUT2D eigenvalue weighted by Crippen LogP contribution is -2.39. The van der Waals surface area contributed by atoms with Crippen LogP contribution in [-0.4, -0.2) is 47.9 Å².